The third-order valence-corrected chi connectivity index (χ3v) is 1.87. The van der Waals surface area contributed by atoms with E-state index in [4.69, 9.17) is 0 Å². The lowest BCUT2D eigenvalue weighted by atomic mass is 10.1. The Labute approximate surface area is 68.4 Å². The molecule has 11 heavy (non-hydrogen) atoms. The van der Waals surface area contributed by atoms with E-state index in [1.165, 1.54) is 16.7 Å². The van der Waals surface area contributed by atoms with Crippen LogP contribution in [-0.2, 0) is 6.54 Å². The number of aryl methyl sites for hydroxylation is 2. The van der Waals surface area contributed by atoms with Crippen LogP contribution in [0.1, 0.15) is 16.7 Å². The summed E-state index contributed by atoms with van der Waals surface area (Å²) in [6, 6.07) is 6.55. The maximum Gasteiger partial charge on any atom is 0.0205 e. The predicted molar refractivity (Wildman–Crippen MR) is 48.7 cm³/mol. The summed E-state index contributed by atoms with van der Waals surface area (Å²) < 4.78 is 0. The largest absolute Gasteiger partial charge is 0.316 e. The van der Waals surface area contributed by atoms with E-state index in [0.29, 0.717) is 0 Å². The van der Waals surface area contributed by atoms with Gasteiger partial charge in [-0.3, -0.25) is 0 Å². The first kappa shape index (κ1) is 8.28. The summed E-state index contributed by atoms with van der Waals surface area (Å²) in [5, 5.41) is 3.14. The minimum Gasteiger partial charge on any atom is -0.316 e. The smallest absolute Gasteiger partial charge is 0.0205 e. The lowest BCUT2D eigenvalue weighted by Gasteiger charge is -2.04. The fourth-order valence-corrected chi connectivity index (χ4v) is 1.23. The molecule has 60 valence electrons. The lowest BCUT2D eigenvalue weighted by molar-refractivity contribution is 0.811. The van der Waals surface area contributed by atoms with Crippen LogP contribution in [-0.4, -0.2) is 7.05 Å². The Morgan fingerprint density at radius 2 is 2.00 bits per heavy atom. The first-order valence-electron chi connectivity index (χ1n) is 3.95. The zero-order valence-electron chi connectivity index (χ0n) is 7.44. The summed E-state index contributed by atoms with van der Waals surface area (Å²) in [5.41, 5.74) is 4.10. The zero-order valence-corrected chi connectivity index (χ0v) is 7.44. The Morgan fingerprint density at radius 1 is 1.27 bits per heavy atom. The number of benzene rings is 1. The van der Waals surface area contributed by atoms with Gasteiger partial charge in [0, 0.05) is 6.54 Å². The summed E-state index contributed by atoms with van der Waals surface area (Å²) in [7, 11) is 1.97. The normalized spacial score (nSPS) is 10.1. The van der Waals surface area contributed by atoms with Crippen molar-refractivity contribution in [2.24, 2.45) is 0 Å². The van der Waals surface area contributed by atoms with Gasteiger partial charge in [-0.05, 0) is 32.0 Å². The molecule has 0 unspecified atom stereocenters. The maximum absolute atomic E-state index is 3.14. The molecule has 1 heteroatoms. The summed E-state index contributed by atoms with van der Waals surface area (Å²) in [5.74, 6) is 0. The minimum absolute atomic E-state index is 0.964. The molecular weight excluding hydrogens is 134 g/mol. The molecule has 0 radical (unpaired) electrons. The van der Waals surface area contributed by atoms with Crippen LogP contribution < -0.4 is 5.32 Å². The number of rotatable bonds is 2. The standard InChI is InChI=1S/C10H15N/c1-8-4-5-10(7-11-3)9(2)6-8/h4-6,11H,7H2,1-3H3. The van der Waals surface area contributed by atoms with Crippen LogP contribution in [0.3, 0.4) is 0 Å². The fourth-order valence-electron chi connectivity index (χ4n) is 1.23. The Bertz CT molecular complexity index is 241. The molecule has 0 bridgehead atoms. The van der Waals surface area contributed by atoms with Crippen molar-refractivity contribution in [3.63, 3.8) is 0 Å². The maximum atomic E-state index is 3.14. The van der Waals surface area contributed by atoms with Crippen LogP contribution >= 0.6 is 0 Å². The molecule has 1 aromatic carbocycles. The molecule has 1 rings (SSSR count). The van der Waals surface area contributed by atoms with E-state index in [9.17, 15) is 0 Å². The molecule has 0 spiro atoms. The molecule has 1 aromatic rings. The summed E-state index contributed by atoms with van der Waals surface area (Å²) in [4.78, 5) is 0. The molecule has 0 saturated heterocycles. The van der Waals surface area contributed by atoms with E-state index in [2.05, 4.69) is 37.4 Å². The molecule has 0 aliphatic rings. The SMILES string of the molecule is CNCc1ccc(C)cc1C. The second-order valence-corrected chi connectivity index (χ2v) is 2.96. The molecule has 1 N–H and O–H groups in total. The second kappa shape index (κ2) is 3.54. The second-order valence-electron chi connectivity index (χ2n) is 2.96. The fraction of sp³-hybridized carbons (Fsp3) is 0.400. The quantitative estimate of drug-likeness (QED) is 0.678. The van der Waals surface area contributed by atoms with E-state index < -0.39 is 0 Å². The summed E-state index contributed by atoms with van der Waals surface area (Å²) in [6.45, 7) is 5.24. The first-order valence-corrected chi connectivity index (χ1v) is 3.95. The van der Waals surface area contributed by atoms with Gasteiger partial charge in [-0.15, -0.1) is 0 Å². The molecule has 1 nitrogen and oxygen atoms in total. The van der Waals surface area contributed by atoms with Gasteiger partial charge >= 0.3 is 0 Å². The van der Waals surface area contributed by atoms with Crippen molar-refractivity contribution in [2.45, 2.75) is 20.4 Å². The number of hydrogen-bond donors (Lipinski definition) is 1. The van der Waals surface area contributed by atoms with Crippen molar-refractivity contribution >= 4 is 0 Å². The van der Waals surface area contributed by atoms with E-state index in [0.717, 1.165) is 6.54 Å². The highest BCUT2D eigenvalue weighted by Gasteiger charge is 1.95. The van der Waals surface area contributed by atoms with Gasteiger partial charge in [0.1, 0.15) is 0 Å². The highest BCUT2D eigenvalue weighted by Crippen LogP contribution is 2.09. The Balaban J connectivity index is 2.90. The molecule has 0 atom stereocenters. The van der Waals surface area contributed by atoms with Gasteiger partial charge < -0.3 is 5.32 Å². The third kappa shape index (κ3) is 2.05. The van der Waals surface area contributed by atoms with E-state index in [1.807, 2.05) is 7.05 Å². The average Bonchev–Trinajstić information content (AvgIpc) is 1.95. The molecule has 0 amide bonds. The first-order chi connectivity index (χ1) is 5.24. The minimum atomic E-state index is 0.964. The molecule has 0 aromatic heterocycles. The molecule has 0 aliphatic heterocycles. The van der Waals surface area contributed by atoms with Crippen molar-refractivity contribution < 1.29 is 0 Å². The van der Waals surface area contributed by atoms with Crippen LogP contribution in [0.2, 0.25) is 0 Å². The van der Waals surface area contributed by atoms with Crippen LogP contribution in [0.15, 0.2) is 18.2 Å². The highest BCUT2D eigenvalue weighted by atomic mass is 14.8. The third-order valence-electron chi connectivity index (χ3n) is 1.87. The average molecular weight is 149 g/mol. The molecule has 0 fully saturated rings. The van der Waals surface area contributed by atoms with Crippen LogP contribution in [0.25, 0.3) is 0 Å². The van der Waals surface area contributed by atoms with Crippen LogP contribution in [0.4, 0.5) is 0 Å². The zero-order chi connectivity index (χ0) is 8.27. The topological polar surface area (TPSA) is 12.0 Å². The van der Waals surface area contributed by atoms with Crippen molar-refractivity contribution in [3.05, 3.63) is 34.9 Å². The van der Waals surface area contributed by atoms with Gasteiger partial charge in [0.2, 0.25) is 0 Å². The number of hydrogen-bond acceptors (Lipinski definition) is 1. The van der Waals surface area contributed by atoms with Gasteiger partial charge in [0.15, 0.2) is 0 Å². The molecule has 0 heterocycles. The predicted octanol–water partition coefficient (Wildman–Crippen LogP) is 2.02. The summed E-state index contributed by atoms with van der Waals surface area (Å²) >= 11 is 0. The van der Waals surface area contributed by atoms with Crippen molar-refractivity contribution in [2.75, 3.05) is 7.05 Å². The van der Waals surface area contributed by atoms with Crippen molar-refractivity contribution in [1.82, 2.24) is 5.32 Å². The number of nitrogens with one attached hydrogen (secondary N) is 1. The van der Waals surface area contributed by atoms with Crippen LogP contribution in [0, 0.1) is 13.8 Å². The van der Waals surface area contributed by atoms with Gasteiger partial charge in [0.05, 0.1) is 0 Å². The van der Waals surface area contributed by atoms with Crippen LogP contribution in [0.5, 0.6) is 0 Å². The Morgan fingerprint density at radius 3 is 2.55 bits per heavy atom. The Kier molecular flexibility index (Phi) is 2.66. The van der Waals surface area contributed by atoms with Gasteiger partial charge in [-0.2, -0.15) is 0 Å². The lowest BCUT2D eigenvalue weighted by Crippen LogP contribution is -2.06. The van der Waals surface area contributed by atoms with E-state index in [1.54, 1.807) is 0 Å². The summed E-state index contributed by atoms with van der Waals surface area (Å²) in [6.07, 6.45) is 0. The molecular formula is C10H15N. The van der Waals surface area contributed by atoms with E-state index >= 15 is 0 Å². The van der Waals surface area contributed by atoms with Gasteiger partial charge in [-0.25, -0.2) is 0 Å². The molecule has 0 saturated carbocycles. The molecule has 0 aliphatic carbocycles. The van der Waals surface area contributed by atoms with E-state index in [-0.39, 0.29) is 0 Å². The van der Waals surface area contributed by atoms with Gasteiger partial charge in [0.25, 0.3) is 0 Å². The highest BCUT2D eigenvalue weighted by molar-refractivity contribution is 5.30. The van der Waals surface area contributed by atoms with Crippen molar-refractivity contribution in [1.29, 1.82) is 0 Å². The van der Waals surface area contributed by atoms with Gasteiger partial charge in [-0.1, -0.05) is 23.8 Å². The Hall–Kier alpha value is -0.820. The monoisotopic (exact) mass is 149 g/mol. The van der Waals surface area contributed by atoms with Crippen molar-refractivity contribution in [3.8, 4) is 0 Å².